The zero-order valence-electron chi connectivity index (χ0n) is 9.26. The van der Waals surface area contributed by atoms with Crippen LogP contribution in [0.3, 0.4) is 0 Å². The number of halogens is 1. The lowest BCUT2D eigenvalue weighted by molar-refractivity contribution is -0.384. The van der Waals surface area contributed by atoms with Gasteiger partial charge in [0.15, 0.2) is 0 Å². The highest BCUT2D eigenvalue weighted by Gasteiger charge is 2.13. The Hall–Kier alpha value is -1.37. The van der Waals surface area contributed by atoms with E-state index in [0.717, 1.165) is 6.42 Å². The third-order valence-electron chi connectivity index (χ3n) is 2.14. The molecule has 0 radical (unpaired) electrons. The molecule has 0 saturated carbocycles. The van der Waals surface area contributed by atoms with Crippen LogP contribution in [0, 0.1) is 10.1 Å². The fourth-order valence-electron chi connectivity index (χ4n) is 1.30. The number of nitro benzene ring substituents is 1. The van der Waals surface area contributed by atoms with Gasteiger partial charge in [0, 0.05) is 12.6 Å². The summed E-state index contributed by atoms with van der Waals surface area (Å²) < 4.78 is 0. The van der Waals surface area contributed by atoms with Crippen molar-refractivity contribution < 1.29 is 10.0 Å². The van der Waals surface area contributed by atoms with Crippen molar-refractivity contribution in [2.45, 2.75) is 13.0 Å². The van der Waals surface area contributed by atoms with Crippen LogP contribution in [0.4, 0.5) is 11.4 Å². The van der Waals surface area contributed by atoms with Gasteiger partial charge in [0.05, 0.1) is 11.5 Å². The van der Waals surface area contributed by atoms with Gasteiger partial charge in [-0.2, -0.15) is 0 Å². The number of anilines is 1. The van der Waals surface area contributed by atoms with Crippen molar-refractivity contribution in [3.05, 3.63) is 33.9 Å². The maximum absolute atomic E-state index is 10.8. The lowest BCUT2D eigenvalue weighted by atomic mass is 10.2. The van der Waals surface area contributed by atoms with Crippen molar-refractivity contribution in [3.8, 4) is 0 Å². The fraction of sp³-hybridized carbons (Fsp3) is 0.400. The smallest absolute Gasteiger partial charge is 0.292 e. The van der Waals surface area contributed by atoms with E-state index in [1.807, 2.05) is 0 Å². The van der Waals surface area contributed by atoms with E-state index in [0.29, 0.717) is 24.3 Å². The zero-order valence-corrected chi connectivity index (χ0v) is 10.1. The molecule has 0 atom stereocenters. The van der Waals surface area contributed by atoms with Crippen LogP contribution in [0.15, 0.2) is 18.2 Å². The van der Waals surface area contributed by atoms with Crippen LogP contribution < -0.4 is 11.1 Å². The summed E-state index contributed by atoms with van der Waals surface area (Å²) in [6, 6.07) is 4.61. The lowest BCUT2D eigenvalue weighted by Crippen LogP contribution is -2.09. The number of aliphatic hydroxyl groups is 1. The summed E-state index contributed by atoms with van der Waals surface area (Å²) in [6.45, 7) is 0.926. The molecule has 1 aromatic carbocycles. The molecule has 0 spiro atoms. The van der Waals surface area contributed by atoms with Crippen molar-refractivity contribution in [2.75, 3.05) is 18.4 Å². The predicted molar refractivity (Wildman–Crippen MR) is 68.4 cm³/mol. The van der Waals surface area contributed by atoms with Gasteiger partial charge in [0.2, 0.25) is 0 Å². The van der Waals surface area contributed by atoms with Gasteiger partial charge in [0.25, 0.3) is 5.69 Å². The van der Waals surface area contributed by atoms with Crippen molar-refractivity contribution in [3.63, 3.8) is 0 Å². The largest absolute Gasteiger partial charge is 0.392 e. The van der Waals surface area contributed by atoms with E-state index >= 15 is 0 Å². The Balaban J connectivity index is 0.00000256. The second-order valence-corrected chi connectivity index (χ2v) is 3.34. The molecule has 0 amide bonds. The predicted octanol–water partition coefficient (Wildman–Crippen LogP) is 1.27. The van der Waals surface area contributed by atoms with Gasteiger partial charge >= 0.3 is 0 Å². The highest BCUT2D eigenvalue weighted by molar-refractivity contribution is 5.85. The first-order valence-corrected chi connectivity index (χ1v) is 5.01. The SMILES string of the molecule is Cl.NCCCNc1ccc(CO)cc1[N+](=O)[O-]. The Labute approximate surface area is 105 Å². The van der Waals surface area contributed by atoms with Gasteiger partial charge in [-0.3, -0.25) is 10.1 Å². The maximum atomic E-state index is 10.8. The number of aliphatic hydroxyl groups excluding tert-OH is 1. The van der Waals surface area contributed by atoms with E-state index < -0.39 is 4.92 Å². The van der Waals surface area contributed by atoms with E-state index in [2.05, 4.69) is 5.32 Å². The first kappa shape index (κ1) is 15.6. The fourth-order valence-corrected chi connectivity index (χ4v) is 1.30. The molecule has 0 bridgehead atoms. The van der Waals surface area contributed by atoms with Crippen LogP contribution in [-0.4, -0.2) is 23.1 Å². The van der Waals surface area contributed by atoms with E-state index in [1.165, 1.54) is 6.07 Å². The Kier molecular flexibility index (Phi) is 7.20. The summed E-state index contributed by atoms with van der Waals surface area (Å²) in [5.41, 5.74) is 6.28. The van der Waals surface area contributed by atoms with E-state index in [9.17, 15) is 10.1 Å². The summed E-state index contributed by atoms with van der Waals surface area (Å²) in [7, 11) is 0. The first-order chi connectivity index (χ1) is 7.69. The third kappa shape index (κ3) is 4.56. The van der Waals surface area contributed by atoms with Crippen LogP contribution in [-0.2, 0) is 6.61 Å². The monoisotopic (exact) mass is 261 g/mol. The molecule has 0 aromatic heterocycles. The summed E-state index contributed by atoms with van der Waals surface area (Å²) in [4.78, 5) is 10.3. The van der Waals surface area contributed by atoms with E-state index in [-0.39, 0.29) is 24.7 Å². The average molecular weight is 262 g/mol. The number of rotatable bonds is 6. The Morgan fingerprint density at radius 1 is 1.47 bits per heavy atom. The molecule has 0 unspecified atom stereocenters. The van der Waals surface area contributed by atoms with Gasteiger partial charge < -0.3 is 16.2 Å². The van der Waals surface area contributed by atoms with Crippen LogP contribution in [0.25, 0.3) is 0 Å². The summed E-state index contributed by atoms with van der Waals surface area (Å²) in [5, 5.41) is 22.6. The summed E-state index contributed by atoms with van der Waals surface area (Å²) in [6.07, 6.45) is 0.749. The summed E-state index contributed by atoms with van der Waals surface area (Å²) in [5.74, 6) is 0. The Morgan fingerprint density at radius 2 is 2.18 bits per heavy atom. The van der Waals surface area contributed by atoms with Crippen LogP contribution in [0.5, 0.6) is 0 Å². The van der Waals surface area contributed by atoms with Gasteiger partial charge in [-0.15, -0.1) is 12.4 Å². The van der Waals surface area contributed by atoms with Crippen LogP contribution in [0.2, 0.25) is 0 Å². The minimum Gasteiger partial charge on any atom is -0.392 e. The minimum atomic E-state index is -0.468. The Morgan fingerprint density at radius 3 is 2.71 bits per heavy atom. The molecular weight excluding hydrogens is 246 g/mol. The lowest BCUT2D eigenvalue weighted by Gasteiger charge is -2.07. The minimum absolute atomic E-state index is 0. The van der Waals surface area contributed by atoms with Gasteiger partial charge in [-0.25, -0.2) is 0 Å². The molecule has 7 heteroatoms. The molecule has 0 aliphatic carbocycles. The van der Waals surface area contributed by atoms with Gasteiger partial charge in [0.1, 0.15) is 5.69 Å². The highest BCUT2D eigenvalue weighted by atomic mass is 35.5. The standard InChI is InChI=1S/C10H15N3O3.ClH/c11-4-1-5-12-9-3-2-8(7-14)6-10(9)13(15)16;/h2-3,6,12,14H,1,4-5,7,11H2;1H. The number of nitro groups is 1. The summed E-state index contributed by atoms with van der Waals surface area (Å²) >= 11 is 0. The molecule has 1 aromatic rings. The molecule has 1 rings (SSSR count). The van der Waals surface area contributed by atoms with Gasteiger partial charge in [-0.05, 0) is 24.6 Å². The Bertz CT molecular complexity index is 374. The highest BCUT2D eigenvalue weighted by Crippen LogP contribution is 2.25. The number of nitrogens with two attached hydrogens (primary N) is 1. The molecule has 6 nitrogen and oxygen atoms in total. The van der Waals surface area contributed by atoms with Crippen molar-refractivity contribution >= 4 is 23.8 Å². The topological polar surface area (TPSA) is 101 Å². The molecule has 0 aliphatic rings. The average Bonchev–Trinajstić information content (AvgIpc) is 2.29. The van der Waals surface area contributed by atoms with Gasteiger partial charge in [-0.1, -0.05) is 6.07 Å². The normalized spacial score (nSPS) is 9.53. The number of nitrogens with zero attached hydrogens (tertiary/aromatic N) is 1. The van der Waals surface area contributed by atoms with Crippen molar-refractivity contribution in [1.82, 2.24) is 0 Å². The molecule has 17 heavy (non-hydrogen) atoms. The molecule has 0 aliphatic heterocycles. The molecule has 4 N–H and O–H groups in total. The second-order valence-electron chi connectivity index (χ2n) is 3.34. The van der Waals surface area contributed by atoms with Crippen molar-refractivity contribution in [1.29, 1.82) is 0 Å². The third-order valence-corrected chi connectivity index (χ3v) is 2.14. The van der Waals surface area contributed by atoms with Crippen LogP contribution in [0.1, 0.15) is 12.0 Å². The molecule has 96 valence electrons. The number of benzene rings is 1. The zero-order chi connectivity index (χ0) is 12.0. The molecule has 0 saturated heterocycles. The quantitative estimate of drug-likeness (QED) is 0.407. The van der Waals surface area contributed by atoms with E-state index in [4.69, 9.17) is 10.8 Å². The molecular formula is C10H16ClN3O3. The van der Waals surface area contributed by atoms with E-state index in [1.54, 1.807) is 12.1 Å². The number of nitrogens with one attached hydrogen (secondary N) is 1. The number of hydrogen-bond acceptors (Lipinski definition) is 5. The first-order valence-electron chi connectivity index (χ1n) is 5.01. The molecule has 0 heterocycles. The second kappa shape index (κ2) is 7.83. The van der Waals surface area contributed by atoms with Crippen LogP contribution >= 0.6 is 12.4 Å². The maximum Gasteiger partial charge on any atom is 0.292 e. The van der Waals surface area contributed by atoms with Crippen molar-refractivity contribution in [2.24, 2.45) is 5.73 Å². The number of hydrogen-bond donors (Lipinski definition) is 3. The molecule has 0 fully saturated rings.